The first-order valence-electron chi connectivity index (χ1n) is 9.75. The predicted octanol–water partition coefficient (Wildman–Crippen LogP) is 1.51. The van der Waals surface area contributed by atoms with Crippen LogP contribution in [0, 0.1) is 0 Å². The lowest BCUT2D eigenvalue weighted by Gasteiger charge is -2.29. The lowest BCUT2D eigenvalue weighted by molar-refractivity contribution is -0.132. The molecule has 0 radical (unpaired) electrons. The molecule has 2 aliphatic rings. The zero-order chi connectivity index (χ0) is 22.4. The molecule has 2 N–H and O–H groups in total. The SMILES string of the molecule is C[C@]1(c2ccccc2)NC(=O)N(NC(=O)c2ccc3c(c2)CCCN3S(C)(=O)=O)C1=O. The van der Waals surface area contributed by atoms with Gasteiger partial charge in [0.05, 0.1) is 11.9 Å². The van der Waals surface area contributed by atoms with E-state index >= 15 is 0 Å². The standard InChI is InChI=1S/C21H22N4O5S/c1-21(16-8-4-3-5-9-16)19(27)25(20(28)22-21)23-18(26)15-10-11-17-14(13-15)7-6-12-24(17)31(2,29)30/h3-5,8-11,13H,6-7,12H2,1-2H3,(H,22,28)(H,23,26)/t21-/m1/s1. The van der Waals surface area contributed by atoms with Crippen LogP contribution in [0.3, 0.4) is 0 Å². The van der Waals surface area contributed by atoms with E-state index in [0.29, 0.717) is 35.6 Å². The van der Waals surface area contributed by atoms with Crippen molar-refractivity contribution in [1.29, 1.82) is 0 Å². The van der Waals surface area contributed by atoms with Crippen molar-refractivity contribution in [2.24, 2.45) is 0 Å². The summed E-state index contributed by atoms with van der Waals surface area (Å²) < 4.78 is 25.3. The van der Waals surface area contributed by atoms with Gasteiger partial charge in [-0.2, -0.15) is 5.01 Å². The summed E-state index contributed by atoms with van der Waals surface area (Å²) in [5.41, 5.74) is 3.15. The zero-order valence-electron chi connectivity index (χ0n) is 17.1. The van der Waals surface area contributed by atoms with Crippen LogP contribution < -0.4 is 15.0 Å². The van der Waals surface area contributed by atoms with Gasteiger partial charge in [-0.15, -0.1) is 0 Å². The van der Waals surface area contributed by atoms with E-state index in [1.165, 1.54) is 10.4 Å². The molecule has 0 saturated carbocycles. The quantitative estimate of drug-likeness (QED) is 0.697. The van der Waals surface area contributed by atoms with Crippen LogP contribution in [-0.4, -0.2) is 44.1 Å². The lowest BCUT2D eigenvalue weighted by Crippen LogP contribution is -2.48. The molecule has 0 aliphatic carbocycles. The number of hydrogen-bond donors (Lipinski definition) is 2. The van der Waals surface area contributed by atoms with Crippen LogP contribution in [0.2, 0.25) is 0 Å². The number of anilines is 1. The molecule has 4 amide bonds. The Bertz CT molecular complexity index is 1180. The van der Waals surface area contributed by atoms with Crippen molar-refractivity contribution in [2.75, 3.05) is 17.1 Å². The third-order valence-electron chi connectivity index (χ3n) is 5.57. The molecular weight excluding hydrogens is 420 g/mol. The van der Waals surface area contributed by atoms with E-state index in [1.807, 2.05) is 0 Å². The molecule has 162 valence electrons. The first kappa shape index (κ1) is 20.9. The van der Waals surface area contributed by atoms with Crippen LogP contribution in [0.15, 0.2) is 48.5 Å². The Hall–Kier alpha value is -3.40. The molecule has 0 aromatic heterocycles. The molecule has 2 heterocycles. The molecule has 1 fully saturated rings. The fraction of sp³-hybridized carbons (Fsp3) is 0.286. The van der Waals surface area contributed by atoms with E-state index < -0.39 is 33.4 Å². The highest BCUT2D eigenvalue weighted by Gasteiger charge is 2.50. The highest BCUT2D eigenvalue weighted by atomic mass is 32.2. The van der Waals surface area contributed by atoms with E-state index in [2.05, 4.69) is 10.7 Å². The Morgan fingerprint density at radius 1 is 1.13 bits per heavy atom. The number of benzene rings is 2. The molecular formula is C21H22N4O5S. The summed E-state index contributed by atoms with van der Waals surface area (Å²) in [7, 11) is -3.42. The minimum absolute atomic E-state index is 0.225. The van der Waals surface area contributed by atoms with Crippen molar-refractivity contribution in [3.63, 3.8) is 0 Å². The molecule has 4 rings (SSSR count). The molecule has 0 spiro atoms. The van der Waals surface area contributed by atoms with Gasteiger partial charge in [0.1, 0.15) is 5.54 Å². The van der Waals surface area contributed by atoms with Crippen molar-refractivity contribution >= 4 is 33.6 Å². The van der Waals surface area contributed by atoms with Gasteiger partial charge < -0.3 is 5.32 Å². The van der Waals surface area contributed by atoms with Crippen LogP contribution in [0.1, 0.15) is 34.8 Å². The van der Waals surface area contributed by atoms with Crippen LogP contribution in [0.25, 0.3) is 0 Å². The molecule has 0 bridgehead atoms. The van der Waals surface area contributed by atoms with E-state index in [9.17, 15) is 22.8 Å². The Labute approximate surface area is 180 Å². The lowest BCUT2D eigenvalue weighted by atomic mass is 9.92. The maximum absolute atomic E-state index is 12.9. The molecule has 2 aliphatic heterocycles. The first-order valence-corrected chi connectivity index (χ1v) is 11.6. The smallest absolute Gasteiger partial charge is 0.318 e. The van der Waals surface area contributed by atoms with Crippen molar-refractivity contribution in [3.05, 3.63) is 65.2 Å². The Kier molecular flexibility index (Phi) is 4.97. The molecule has 1 saturated heterocycles. The summed E-state index contributed by atoms with van der Waals surface area (Å²) in [5.74, 6) is -1.24. The zero-order valence-corrected chi connectivity index (χ0v) is 17.9. The second kappa shape index (κ2) is 7.38. The summed E-state index contributed by atoms with van der Waals surface area (Å²) in [4.78, 5) is 38.2. The fourth-order valence-electron chi connectivity index (χ4n) is 3.92. The number of aryl methyl sites for hydroxylation is 1. The number of fused-ring (bicyclic) bond motifs is 1. The summed E-state index contributed by atoms with van der Waals surface area (Å²) in [6.07, 6.45) is 2.40. The Morgan fingerprint density at radius 2 is 1.84 bits per heavy atom. The molecule has 2 aromatic rings. The fourth-order valence-corrected chi connectivity index (χ4v) is 4.92. The highest BCUT2D eigenvalue weighted by molar-refractivity contribution is 7.92. The predicted molar refractivity (Wildman–Crippen MR) is 114 cm³/mol. The van der Waals surface area contributed by atoms with E-state index in [1.54, 1.807) is 49.4 Å². The number of sulfonamides is 1. The van der Waals surface area contributed by atoms with Crippen molar-refractivity contribution in [2.45, 2.75) is 25.3 Å². The number of urea groups is 1. The second-order valence-electron chi connectivity index (χ2n) is 7.78. The van der Waals surface area contributed by atoms with E-state index in [0.717, 1.165) is 11.8 Å². The van der Waals surface area contributed by atoms with Gasteiger partial charge in [-0.05, 0) is 49.1 Å². The number of rotatable bonds is 4. The average molecular weight is 442 g/mol. The number of hydrazine groups is 1. The van der Waals surface area contributed by atoms with Crippen molar-refractivity contribution in [3.8, 4) is 0 Å². The number of carbonyl (C=O) groups excluding carboxylic acids is 3. The number of amides is 4. The average Bonchev–Trinajstić information content (AvgIpc) is 2.96. The van der Waals surface area contributed by atoms with Gasteiger partial charge in [-0.25, -0.2) is 13.2 Å². The largest absolute Gasteiger partial charge is 0.344 e. The maximum atomic E-state index is 12.9. The summed E-state index contributed by atoms with van der Waals surface area (Å²) >= 11 is 0. The number of nitrogens with zero attached hydrogens (tertiary/aromatic N) is 2. The molecule has 0 unspecified atom stereocenters. The first-order chi connectivity index (χ1) is 14.6. The normalized spacial score (nSPS) is 21.0. The number of carbonyl (C=O) groups is 3. The highest BCUT2D eigenvalue weighted by Crippen LogP contribution is 2.31. The van der Waals surface area contributed by atoms with Crippen LogP contribution in [0.4, 0.5) is 10.5 Å². The molecule has 31 heavy (non-hydrogen) atoms. The number of hydrogen-bond acceptors (Lipinski definition) is 5. The van der Waals surface area contributed by atoms with Gasteiger partial charge in [0.2, 0.25) is 10.0 Å². The van der Waals surface area contributed by atoms with Gasteiger partial charge in [0, 0.05) is 12.1 Å². The molecule has 9 nitrogen and oxygen atoms in total. The third-order valence-corrected chi connectivity index (χ3v) is 6.75. The van der Waals surface area contributed by atoms with Crippen LogP contribution >= 0.6 is 0 Å². The number of imide groups is 1. The molecule has 10 heteroatoms. The second-order valence-corrected chi connectivity index (χ2v) is 9.69. The van der Waals surface area contributed by atoms with Crippen molar-refractivity contribution in [1.82, 2.24) is 15.8 Å². The topological polar surface area (TPSA) is 116 Å². The summed E-state index contributed by atoms with van der Waals surface area (Å²) in [5, 5.41) is 3.30. The Morgan fingerprint density at radius 3 is 2.52 bits per heavy atom. The van der Waals surface area contributed by atoms with Crippen LogP contribution in [-0.2, 0) is 26.8 Å². The van der Waals surface area contributed by atoms with E-state index in [-0.39, 0.29) is 5.56 Å². The summed E-state index contributed by atoms with van der Waals surface area (Å²) in [6, 6.07) is 12.7. The monoisotopic (exact) mass is 442 g/mol. The van der Waals surface area contributed by atoms with Crippen LogP contribution in [0.5, 0.6) is 0 Å². The van der Waals surface area contributed by atoms with Gasteiger partial charge >= 0.3 is 6.03 Å². The Balaban J connectivity index is 1.56. The van der Waals surface area contributed by atoms with Crippen molar-refractivity contribution < 1.29 is 22.8 Å². The minimum Gasteiger partial charge on any atom is -0.318 e. The van der Waals surface area contributed by atoms with Gasteiger partial charge in [-0.3, -0.25) is 19.3 Å². The third kappa shape index (κ3) is 3.63. The number of nitrogens with one attached hydrogen (secondary N) is 2. The van der Waals surface area contributed by atoms with E-state index in [4.69, 9.17) is 0 Å². The molecule has 1 atom stereocenters. The van der Waals surface area contributed by atoms with Gasteiger partial charge in [0.15, 0.2) is 0 Å². The summed E-state index contributed by atoms with van der Waals surface area (Å²) in [6.45, 7) is 1.96. The maximum Gasteiger partial charge on any atom is 0.344 e. The minimum atomic E-state index is -3.42. The van der Waals surface area contributed by atoms with Gasteiger partial charge in [-0.1, -0.05) is 30.3 Å². The molecule has 2 aromatic carbocycles. The van der Waals surface area contributed by atoms with Gasteiger partial charge in [0.25, 0.3) is 11.8 Å².